The van der Waals surface area contributed by atoms with Gasteiger partial charge in [0.25, 0.3) is 5.91 Å². The lowest BCUT2D eigenvalue weighted by Gasteiger charge is -2.20. The Morgan fingerprint density at radius 1 is 1.12 bits per heavy atom. The van der Waals surface area contributed by atoms with E-state index in [0.29, 0.717) is 47.5 Å². The Kier molecular flexibility index (Phi) is 5.71. The maximum atomic E-state index is 13.3. The summed E-state index contributed by atoms with van der Waals surface area (Å²) in [7, 11) is 1.86. The van der Waals surface area contributed by atoms with Crippen molar-refractivity contribution in [2.75, 3.05) is 13.2 Å². The van der Waals surface area contributed by atoms with Gasteiger partial charge in [-0.05, 0) is 42.0 Å². The molecule has 0 saturated carbocycles. The average Bonchev–Trinajstić information content (AvgIpc) is 3.19. The molecule has 0 radical (unpaired) electrons. The van der Waals surface area contributed by atoms with E-state index in [2.05, 4.69) is 10.1 Å². The van der Waals surface area contributed by atoms with Crippen LogP contribution in [0.2, 0.25) is 5.02 Å². The normalized spacial score (nSPS) is 13.3. The Bertz CT molecular complexity index is 1320. The van der Waals surface area contributed by atoms with Crippen molar-refractivity contribution in [2.45, 2.75) is 6.54 Å². The number of pyridine rings is 1. The molecule has 2 aromatic heterocycles. The molecule has 4 aromatic rings. The number of aromatic nitrogens is 3. The molecule has 0 bridgehead atoms. The molecule has 0 spiro atoms. The largest absolute Gasteiger partial charge is 0.491 e. The summed E-state index contributed by atoms with van der Waals surface area (Å²) in [5.74, 6) is 1.59. The molecule has 0 atom stereocenters. The van der Waals surface area contributed by atoms with Crippen LogP contribution in [-0.4, -0.2) is 38.7 Å². The third kappa shape index (κ3) is 4.68. The van der Waals surface area contributed by atoms with E-state index in [4.69, 9.17) is 21.1 Å². The summed E-state index contributed by atoms with van der Waals surface area (Å²) in [6, 6.07) is 16.4. The summed E-state index contributed by atoms with van der Waals surface area (Å²) in [6.45, 7) is 1.35. The second kappa shape index (κ2) is 8.96. The van der Waals surface area contributed by atoms with Gasteiger partial charge >= 0.3 is 0 Å². The van der Waals surface area contributed by atoms with Gasteiger partial charge in [0, 0.05) is 42.6 Å². The number of carbonyl (C=O) groups excluding carboxylic acids is 1. The summed E-state index contributed by atoms with van der Waals surface area (Å²) < 4.78 is 13.6. The number of halogens is 1. The molecule has 1 aliphatic rings. The van der Waals surface area contributed by atoms with Gasteiger partial charge in [-0.3, -0.25) is 14.5 Å². The second-order valence-electron chi connectivity index (χ2n) is 7.74. The first-order chi connectivity index (χ1) is 16.0. The number of ether oxygens (including phenoxy) is 2. The van der Waals surface area contributed by atoms with Crippen LogP contribution in [0.4, 0.5) is 0 Å². The van der Waals surface area contributed by atoms with Crippen LogP contribution in [0.1, 0.15) is 15.9 Å². The van der Waals surface area contributed by atoms with Gasteiger partial charge in [-0.2, -0.15) is 5.10 Å². The molecule has 0 aliphatic carbocycles. The smallest absolute Gasteiger partial charge is 0.258 e. The molecule has 2 aromatic carbocycles. The number of amides is 1. The molecule has 0 fully saturated rings. The second-order valence-corrected chi connectivity index (χ2v) is 8.18. The van der Waals surface area contributed by atoms with Crippen molar-refractivity contribution >= 4 is 17.5 Å². The minimum absolute atomic E-state index is 0.112. The fraction of sp³-hybridized carbons (Fsp3) is 0.160. The Morgan fingerprint density at radius 2 is 2.00 bits per heavy atom. The van der Waals surface area contributed by atoms with Crippen molar-refractivity contribution < 1.29 is 14.3 Å². The third-order valence-electron chi connectivity index (χ3n) is 5.32. The minimum Gasteiger partial charge on any atom is -0.491 e. The lowest BCUT2D eigenvalue weighted by atomic mass is 10.1. The summed E-state index contributed by atoms with van der Waals surface area (Å²) in [5, 5.41) is 4.83. The summed E-state index contributed by atoms with van der Waals surface area (Å²) in [6.07, 6.45) is 5.32. The van der Waals surface area contributed by atoms with Gasteiger partial charge in [0.05, 0.1) is 24.0 Å². The molecule has 7 nitrogen and oxygen atoms in total. The van der Waals surface area contributed by atoms with Gasteiger partial charge in [-0.1, -0.05) is 23.7 Å². The summed E-state index contributed by atoms with van der Waals surface area (Å²) in [5.41, 5.74) is 3.08. The van der Waals surface area contributed by atoms with E-state index in [1.165, 1.54) is 0 Å². The number of carbonyl (C=O) groups is 1. The molecule has 1 aliphatic heterocycles. The van der Waals surface area contributed by atoms with Crippen molar-refractivity contribution in [1.29, 1.82) is 0 Å². The molecule has 8 heteroatoms. The zero-order valence-corrected chi connectivity index (χ0v) is 18.7. The zero-order chi connectivity index (χ0) is 22.8. The molecule has 1 amide bonds. The molecule has 0 unspecified atom stereocenters. The Hall–Kier alpha value is -3.84. The number of hydrogen-bond donors (Lipinski definition) is 0. The molecule has 3 heterocycles. The number of fused-ring (bicyclic) bond motifs is 1. The minimum atomic E-state index is -0.112. The van der Waals surface area contributed by atoms with E-state index in [1.54, 1.807) is 46.2 Å². The number of nitrogens with zero attached hydrogens (tertiary/aromatic N) is 4. The fourth-order valence-electron chi connectivity index (χ4n) is 3.73. The van der Waals surface area contributed by atoms with E-state index >= 15 is 0 Å². The molecule has 5 rings (SSSR count). The van der Waals surface area contributed by atoms with Crippen LogP contribution in [0, 0.1) is 0 Å². The number of hydrogen-bond acceptors (Lipinski definition) is 5. The van der Waals surface area contributed by atoms with E-state index < -0.39 is 0 Å². The first kappa shape index (κ1) is 21.0. The van der Waals surface area contributed by atoms with E-state index in [-0.39, 0.29) is 5.91 Å². The van der Waals surface area contributed by atoms with Gasteiger partial charge in [0.15, 0.2) is 0 Å². The quantitative estimate of drug-likeness (QED) is 0.421. The lowest BCUT2D eigenvalue weighted by Crippen LogP contribution is -2.31. The van der Waals surface area contributed by atoms with Crippen molar-refractivity contribution in [3.8, 4) is 28.5 Å². The van der Waals surface area contributed by atoms with Crippen LogP contribution in [0.5, 0.6) is 17.2 Å². The van der Waals surface area contributed by atoms with E-state index in [0.717, 1.165) is 16.8 Å². The van der Waals surface area contributed by atoms with Gasteiger partial charge in [0.2, 0.25) is 0 Å². The highest BCUT2D eigenvalue weighted by Gasteiger charge is 2.24. The lowest BCUT2D eigenvalue weighted by molar-refractivity contribution is 0.0742. The molecular formula is C25H21ClN4O3. The SMILES string of the molecule is Cn1cc(-c2cc(Oc3ccc4c(c3)C(=O)N(Cc3cccc(Cl)c3)CCO4)ccn2)cn1. The van der Waals surface area contributed by atoms with Crippen LogP contribution in [0.3, 0.4) is 0 Å². The van der Waals surface area contributed by atoms with Crippen molar-refractivity contribution in [1.82, 2.24) is 19.7 Å². The van der Waals surface area contributed by atoms with Crippen molar-refractivity contribution in [3.63, 3.8) is 0 Å². The van der Waals surface area contributed by atoms with Crippen LogP contribution in [0.25, 0.3) is 11.3 Å². The van der Waals surface area contributed by atoms with Crippen molar-refractivity contribution in [2.24, 2.45) is 7.05 Å². The first-order valence-corrected chi connectivity index (χ1v) is 10.9. The molecular weight excluding hydrogens is 440 g/mol. The van der Waals surface area contributed by atoms with E-state index in [1.807, 2.05) is 43.6 Å². The first-order valence-electron chi connectivity index (χ1n) is 10.5. The standard InChI is InChI=1S/C25H21ClN4O3/c1-29-16-18(14-28-29)23-13-21(7-8-27-23)33-20-5-6-24-22(12-20)25(31)30(9-10-32-24)15-17-3-2-4-19(26)11-17/h2-8,11-14,16H,9-10,15H2,1H3. The Balaban J connectivity index is 1.38. The zero-order valence-electron chi connectivity index (χ0n) is 17.9. The monoisotopic (exact) mass is 460 g/mol. The molecule has 0 N–H and O–H groups in total. The predicted octanol–water partition coefficient (Wildman–Crippen LogP) is 4.96. The summed E-state index contributed by atoms with van der Waals surface area (Å²) >= 11 is 6.11. The molecule has 166 valence electrons. The van der Waals surface area contributed by atoms with Crippen molar-refractivity contribution in [3.05, 3.63) is 89.3 Å². The topological polar surface area (TPSA) is 69.5 Å². The summed E-state index contributed by atoms with van der Waals surface area (Å²) in [4.78, 5) is 19.5. The molecule has 0 saturated heterocycles. The Morgan fingerprint density at radius 3 is 2.82 bits per heavy atom. The predicted molar refractivity (Wildman–Crippen MR) is 125 cm³/mol. The highest BCUT2D eigenvalue weighted by Crippen LogP contribution is 2.31. The van der Waals surface area contributed by atoms with E-state index in [9.17, 15) is 4.79 Å². The maximum Gasteiger partial charge on any atom is 0.258 e. The third-order valence-corrected chi connectivity index (χ3v) is 5.55. The maximum absolute atomic E-state index is 13.3. The average molecular weight is 461 g/mol. The highest BCUT2D eigenvalue weighted by molar-refractivity contribution is 6.30. The van der Waals surface area contributed by atoms with Crippen LogP contribution < -0.4 is 9.47 Å². The Labute approximate surface area is 196 Å². The highest BCUT2D eigenvalue weighted by atomic mass is 35.5. The van der Waals surface area contributed by atoms with Crippen LogP contribution in [-0.2, 0) is 13.6 Å². The van der Waals surface area contributed by atoms with Crippen LogP contribution >= 0.6 is 11.6 Å². The van der Waals surface area contributed by atoms with Gasteiger partial charge in [-0.15, -0.1) is 0 Å². The molecule has 33 heavy (non-hydrogen) atoms. The van der Waals surface area contributed by atoms with Crippen LogP contribution in [0.15, 0.2) is 73.2 Å². The van der Waals surface area contributed by atoms with Gasteiger partial charge in [-0.25, -0.2) is 0 Å². The fourth-order valence-corrected chi connectivity index (χ4v) is 3.94. The number of benzene rings is 2. The van der Waals surface area contributed by atoms with Gasteiger partial charge in [0.1, 0.15) is 23.9 Å². The number of rotatable bonds is 5. The van der Waals surface area contributed by atoms with Gasteiger partial charge < -0.3 is 14.4 Å². The number of aryl methyl sites for hydroxylation is 1.